The number of thiazole rings is 1. The van der Waals surface area contributed by atoms with Gasteiger partial charge in [-0.1, -0.05) is 6.07 Å². The molecule has 1 aromatic heterocycles. The highest BCUT2D eigenvalue weighted by Gasteiger charge is 2.16. The number of aliphatic hydroxyl groups excluding tert-OH is 1. The number of nitrogens with zero attached hydrogens (tertiary/aromatic N) is 2. The highest BCUT2D eigenvalue weighted by Crippen LogP contribution is 2.32. The lowest BCUT2D eigenvalue weighted by Crippen LogP contribution is -2.42. The van der Waals surface area contributed by atoms with Crippen LogP contribution in [0.2, 0.25) is 0 Å². The Bertz CT molecular complexity index is 969. The maximum absolute atomic E-state index is 10.4. The first-order valence-electron chi connectivity index (χ1n) is 9.78. The summed E-state index contributed by atoms with van der Waals surface area (Å²) in [5.41, 5.74) is 3.05. The summed E-state index contributed by atoms with van der Waals surface area (Å²) in [6.45, 7) is 5.96. The Morgan fingerprint density at radius 3 is 2.72 bits per heavy atom. The van der Waals surface area contributed by atoms with Crippen LogP contribution in [0, 0.1) is 6.92 Å². The molecule has 1 aliphatic rings. The fourth-order valence-electron chi connectivity index (χ4n) is 3.49. The summed E-state index contributed by atoms with van der Waals surface area (Å²) >= 11 is 1.69. The van der Waals surface area contributed by atoms with Crippen molar-refractivity contribution in [3.63, 3.8) is 0 Å². The number of methoxy groups -OCH3 is 1. The lowest BCUT2D eigenvalue weighted by atomic mass is 10.0. The summed E-state index contributed by atoms with van der Waals surface area (Å²) in [7, 11) is 1.64. The predicted octanol–water partition coefficient (Wildman–Crippen LogP) is 3.35. The molecular weight excluding hydrogens is 388 g/mol. The first-order valence-corrected chi connectivity index (χ1v) is 10.6. The lowest BCUT2D eigenvalue weighted by Gasteiger charge is -2.28. The van der Waals surface area contributed by atoms with Crippen molar-refractivity contribution in [3.05, 3.63) is 41.4 Å². The van der Waals surface area contributed by atoms with Crippen molar-refractivity contribution >= 4 is 21.6 Å². The van der Waals surface area contributed by atoms with Crippen molar-refractivity contribution in [1.29, 1.82) is 0 Å². The van der Waals surface area contributed by atoms with Gasteiger partial charge in [-0.3, -0.25) is 4.90 Å². The summed E-state index contributed by atoms with van der Waals surface area (Å²) < 4.78 is 17.9. The fourth-order valence-corrected chi connectivity index (χ4v) is 4.30. The van der Waals surface area contributed by atoms with E-state index in [1.165, 1.54) is 4.70 Å². The molecule has 6 nitrogen and oxygen atoms in total. The number of benzene rings is 2. The molecule has 2 heterocycles. The van der Waals surface area contributed by atoms with Crippen LogP contribution in [-0.4, -0.2) is 67.7 Å². The third kappa shape index (κ3) is 5.05. The minimum absolute atomic E-state index is 0.230. The van der Waals surface area contributed by atoms with Gasteiger partial charge in [-0.05, 0) is 42.3 Å². The largest absolute Gasteiger partial charge is 0.497 e. The molecule has 1 aliphatic heterocycles. The maximum atomic E-state index is 10.4. The van der Waals surface area contributed by atoms with E-state index in [4.69, 9.17) is 14.2 Å². The Labute approximate surface area is 174 Å². The van der Waals surface area contributed by atoms with Crippen LogP contribution in [0.25, 0.3) is 21.3 Å². The molecule has 154 valence electrons. The first kappa shape index (κ1) is 20.1. The number of hydrogen-bond acceptors (Lipinski definition) is 7. The molecule has 1 saturated heterocycles. The van der Waals surface area contributed by atoms with Gasteiger partial charge >= 0.3 is 0 Å². The van der Waals surface area contributed by atoms with Crippen molar-refractivity contribution in [2.75, 3.05) is 46.6 Å². The number of aliphatic hydroxyl groups is 1. The number of aromatic nitrogens is 1. The number of fused-ring (bicyclic) bond motifs is 1. The van der Waals surface area contributed by atoms with E-state index in [1.807, 2.05) is 25.1 Å². The van der Waals surface area contributed by atoms with Gasteiger partial charge in [-0.25, -0.2) is 4.98 Å². The Balaban J connectivity index is 1.48. The number of ether oxygens (including phenoxy) is 3. The van der Waals surface area contributed by atoms with Gasteiger partial charge in [-0.15, -0.1) is 11.3 Å². The van der Waals surface area contributed by atoms with Crippen molar-refractivity contribution in [1.82, 2.24) is 9.88 Å². The zero-order valence-corrected chi connectivity index (χ0v) is 17.6. The van der Waals surface area contributed by atoms with Crippen molar-refractivity contribution in [2.45, 2.75) is 13.0 Å². The zero-order chi connectivity index (χ0) is 20.2. The number of β-amino-alcohol motifs (C(OH)–C–C–N with tert-alkyl or cyclic N) is 1. The molecule has 0 aliphatic carbocycles. The van der Waals surface area contributed by atoms with Gasteiger partial charge in [0.05, 0.1) is 35.5 Å². The van der Waals surface area contributed by atoms with E-state index >= 15 is 0 Å². The molecule has 1 fully saturated rings. The third-order valence-electron chi connectivity index (χ3n) is 4.96. The van der Waals surface area contributed by atoms with Crippen LogP contribution in [0.5, 0.6) is 11.5 Å². The maximum Gasteiger partial charge on any atom is 0.123 e. The summed E-state index contributed by atoms with van der Waals surface area (Å²) in [5, 5.41) is 11.4. The summed E-state index contributed by atoms with van der Waals surface area (Å²) in [4.78, 5) is 6.78. The van der Waals surface area contributed by atoms with Gasteiger partial charge in [0.15, 0.2) is 0 Å². The van der Waals surface area contributed by atoms with Crippen molar-refractivity contribution < 1.29 is 19.3 Å². The fraction of sp³-hybridized carbons (Fsp3) is 0.409. The monoisotopic (exact) mass is 414 g/mol. The molecule has 1 N–H and O–H groups in total. The zero-order valence-electron chi connectivity index (χ0n) is 16.8. The van der Waals surface area contributed by atoms with Gasteiger partial charge in [0.25, 0.3) is 0 Å². The second-order valence-corrected chi connectivity index (χ2v) is 8.43. The minimum atomic E-state index is -0.558. The standard InChI is InChI=1S/C22H26N2O4S/c1-15-23-21-11-16(3-4-22(21)29-15)17-9-19(26-2)12-20(10-17)28-14-18(25)13-24-5-7-27-8-6-24/h3-4,9-12,18,25H,5-8,13-14H2,1-2H3. The van der Waals surface area contributed by atoms with Gasteiger partial charge < -0.3 is 19.3 Å². The second kappa shape index (κ2) is 9.09. The van der Waals surface area contributed by atoms with Crippen LogP contribution in [0.4, 0.5) is 0 Å². The Morgan fingerprint density at radius 2 is 1.93 bits per heavy atom. The molecule has 1 unspecified atom stereocenters. The molecule has 0 spiro atoms. The number of rotatable bonds is 7. The van der Waals surface area contributed by atoms with Crippen LogP contribution in [0.15, 0.2) is 36.4 Å². The summed E-state index contributed by atoms with van der Waals surface area (Å²) in [5.74, 6) is 1.39. The van der Waals surface area contributed by atoms with E-state index < -0.39 is 6.10 Å². The van der Waals surface area contributed by atoms with Crippen LogP contribution < -0.4 is 9.47 Å². The molecule has 1 atom stereocenters. The average Bonchev–Trinajstić information content (AvgIpc) is 3.12. The van der Waals surface area contributed by atoms with Gasteiger partial charge in [0.1, 0.15) is 24.2 Å². The molecule has 0 bridgehead atoms. The molecule has 0 amide bonds. The highest BCUT2D eigenvalue weighted by molar-refractivity contribution is 7.18. The molecular formula is C22H26N2O4S. The average molecular weight is 415 g/mol. The molecule has 29 heavy (non-hydrogen) atoms. The SMILES string of the molecule is COc1cc(OCC(O)CN2CCOCC2)cc(-c2ccc3sc(C)nc3c2)c1. The second-order valence-electron chi connectivity index (χ2n) is 7.19. The Hall–Kier alpha value is -2.19. The van der Waals surface area contributed by atoms with E-state index in [-0.39, 0.29) is 6.61 Å². The van der Waals surface area contributed by atoms with E-state index in [0.29, 0.717) is 12.3 Å². The normalized spacial score (nSPS) is 16.1. The minimum Gasteiger partial charge on any atom is -0.497 e. The van der Waals surface area contributed by atoms with Gasteiger partial charge in [0.2, 0.25) is 0 Å². The molecule has 0 saturated carbocycles. The van der Waals surface area contributed by atoms with Gasteiger partial charge in [-0.2, -0.15) is 0 Å². The Kier molecular flexibility index (Phi) is 6.30. The third-order valence-corrected chi connectivity index (χ3v) is 5.91. The molecule has 4 rings (SSSR count). The molecule has 3 aromatic rings. The number of morpholine rings is 1. The smallest absolute Gasteiger partial charge is 0.123 e. The molecule has 7 heteroatoms. The summed E-state index contributed by atoms with van der Waals surface area (Å²) in [6.07, 6.45) is -0.558. The van der Waals surface area contributed by atoms with E-state index in [9.17, 15) is 5.11 Å². The lowest BCUT2D eigenvalue weighted by molar-refractivity contribution is 0.00464. The highest BCUT2D eigenvalue weighted by atomic mass is 32.1. The van der Waals surface area contributed by atoms with E-state index in [0.717, 1.165) is 53.7 Å². The molecule has 2 aromatic carbocycles. The molecule has 0 radical (unpaired) electrons. The number of hydrogen-bond donors (Lipinski definition) is 1. The van der Waals surface area contributed by atoms with Crippen molar-refractivity contribution in [3.8, 4) is 22.6 Å². The topological polar surface area (TPSA) is 64.0 Å². The first-order chi connectivity index (χ1) is 14.1. The van der Waals surface area contributed by atoms with Gasteiger partial charge in [0, 0.05) is 25.7 Å². The van der Waals surface area contributed by atoms with Crippen molar-refractivity contribution in [2.24, 2.45) is 0 Å². The van der Waals surface area contributed by atoms with Crippen LogP contribution in [0.3, 0.4) is 0 Å². The van der Waals surface area contributed by atoms with E-state index in [1.54, 1.807) is 18.4 Å². The van der Waals surface area contributed by atoms with E-state index in [2.05, 4.69) is 28.1 Å². The predicted molar refractivity (Wildman–Crippen MR) is 115 cm³/mol. The van der Waals surface area contributed by atoms with Crippen LogP contribution in [0.1, 0.15) is 5.01 Å². The van der Waals surface area contributed by atoms with Crippen LogP contribution >= 0.6 is 11.3 Å². The Morgan fingerprint density at radius 1 is 1.14 bits per heavy atom. The quantitative estimate of drug-likeness (QED) is 0.640. The number of aryl methyl sites for hydroxylation is 1. The van der Waals surface area contributed by atoms with Crippen LogP contribution in [-0.2, 0) is 4.74 Å². The summed E-state index contributed by atoms with van der Waals surface area (Å²) in [6, 6.07) is 12.1.